The molecule has 0 nitrogen and oxygen atoms in total. The molecule has 184 valence electrons. The van der Waals surface area contributed by atoms with E-state index in [0.29, 0.717) is 0 Å². The highest BCUT2D eigenvalue weighted by Gasteiger charge is 2.13. The maximum Gasteiger partial charge on any atom is 0.0490 e. The van der Waals surface area contributed by atoms with E-state index in [0.717, 1.165) is 27.3 Å². The quantitative estimate of drug-likeness (QED) is 0.218. The van der Waals surface area contributed by atoms with Crippen molar-refractivity contribution >= 4 is 33.1 Å². The fourth-order valence-corrected chi connectivity index (χ4v) is 5.78. The zero-order valence-corrected chi connectivity index (χ0v) is 22.1. The molecule has 0 heterocycles. The van der Waals surface area contributed by atoms with Crippen LogP contribution in [0.2, 0.25) is 5.02 Å². The Morgan fingerprint density at radius 2 is 0.744 bits per heavy atom. The zero-order valence-electron chi connectivity index (χ0n) is 21.3. The van der Waals surface area contributed by atoms with E-state index in [9.17, 15) is 0 Å². The number of hydrogen-bond donors (Lipinski definition) is 0. The Balaban J connectivity index is 1.29. The molecule has 7 rings (SSSR count). The van der Waals surface area contributed by atoms with Gasteiger partial charge in [-0.1, -0.05) is 133 Å². The van der Waals surface area contributed by atoms with Gasteiger partial charge < -0.3 is 0 Å². The summed E-state index contributed by atoms with van der Waals surface area (Å²) in [6.07, 6.45) is 0. The lowest BCUT2D eigenvalue weighted by Crippen LogP contribution is -1.88. The monoisotopic (exact) mass is 516 g/mol. The fraction of sp³-hybridized carbons (Fsp3) is 0. The number of halogens is 1. The van der Waals surface area contributed by atoms with Crippen molar-refractivity contribution in [2.75, 3.05) is 0 Å². The second kappa shape index (κ2) is 9.91. The first-order valence-electron chi connectivity index (χ1n) is 13.2. The second-order valence-corrected chi connectivity index (χ2v) is 10.4. The topological polar surface area (TPSA) is 0 Å². The highest BCUT2D eigenvalue weighted by molar-refractivity contribution is 6.34. The van der Waals surface area contributed by atoms with Crippen LogP contribution >= 0.6 is 11.6 Å². The van der Waals surface area contributed by atoms with E-state index >= 15 is 0 Å². The molecule has 0 radical (unpaired) electrons. The molecule has 0 N–H and O–H groups in total. The first-order chi connectivity index (χ1) is 19.2. The average molecular weight is 517 g/mol. The predicted molar refractivity (Wildman–Crippen MR) is 168 cm³/mol. The average Bonchev–Trinajstić information content (AvgIpc) is 3.01. The van der Waals surface area contributed by atoms with Crippen LogP contribution in [0.5, 0.6) is 0 Å². The molecule has 0 aliphatic heterocycles. The van der Waals surface area contributed by atoms with Gasteiger partial charge in [-0.25, -0.2) is 0 Å². The molecule has 7 aromatic carbocycles. The Bertz CT molecular complexity index is 1950. The molecule has 0 spiro atoms. The molecule has 39 heavy (non-hydrogen) atoms. The van der Waals surface area contributed by atoms with Gasteiger partial charge in [-0.3, -0.25) is 0 Å². The molecule has 0 atom stereocenters. The summed E-state index contributed by atoms with van der Waals surface area (Å²) >= 11 is 6.88. The maximum absolute atomic E-state index is 6.88. The van der Waals surface area contributed by atoms with Crippen LogP contribution in [0.3, 0.4) is 0 Å². The van der Waals surface area contributed by atoms with Crippen molar-refractivity contribution in [3.05, 3.63) is 157 Å². The van der Waals surface area contributed by atoms with Crippen LogP contribution in [0.4, 0.5) is 0 Å². The van der Waals surface area contributed by atoms with Gasteiger partial charge >= 0.3 is 0 Å². The van der Waals surface area contributed by atoms with Gasteiger partial charge in [0.05, 0.1) is 0 Å². The van der Waals surface area contributed by atoms with E-state index in [1.165, 1.54) is 43.8 Å². The van der Waals surface area contributed by atoms with E-state index in [1.807, 2.05) is 12.1 Å². The van der Waals surface area contributed by atoms with Gasteiger partial charge in [0.25, 0.3) is 0 Å². The van der Waals surface area contributed by atoms with E-state index in [2.05, 4.69) is 140 Å². The van der Waals surface area contributed by atoms with Crippen molar-refractivity contribution in [1.82, 2.24) is 0 Å². The van der Waals surface area contributed by atoms with Gasteiger partial charge in [-0.15, -0.1) is 0 Å². The Morgan fingerprint density at radius 1 is 0.308 bits per heavy atom. The van der Waals surface area contributed by atoms with Crippen molar-refractivity contribution in [2.45, 2.75) is 0 Å². The van der Waals surface area contributed by atoms with Crippen LogP contribution in [-0.2, 0) is 0 Å². The minimum Gasteiger partial charge on any atom is -0.0836 e. The van der Waals surface area contributed by atoms with Crippen LogP contribution in [-0.4, -0.2) is 0 Å². The lowest BCUT2D eigenvalue weighted by molar-refractivity contribution is 1.60. The number of hydrogen-bond acceptors (Lipinski definition) is 0. The standard InChI is InChI=1S/C38H25Cl/c39-37-13-7-12-36(34-20-18-30-22-28(14-16-32(30)24-34)26-8-3-1-4-9-26)38(37)35-21-19-31-23-29(15-17-33(31)25-35)27-10-5-2-6-11-27/h1-25H. The summed E-state index contributed by atoms with van der Waals surface area (Å²) in [5.41, 5.74) is 9.39. The van der Waals surface area contributed by atoms with Crippen LogP contribution in [0.1, 0.15) is 0 Å². The highest BCUT2D eigenvalue weighted by atomic mass is 35.5. The van der Waals surface area contributed by atoms with Crippen LogP contribution < -0.4 is 0 Å². The summed E-state index contributed by atoms with van der Waals surface area (Å²) in [5.74, 6) is 0. The van der Waals surface area contributed by atoms with Crippen LogP contribution in [0.15, 0.2) is 152 Å². The van der Waals surface area contributed by atoms with Gasteiger partial charge in [-0.05, 0) is 90.8 Å². The SMILES string of the molecule is Clc1cccc(-c2ccc3cc(-c4ccccc4)ccc3c2)c1-c1ccc2cc(-c3ccccc3)ccc2c1. The zero-order chi connectivity index (χ0) is 26.2. The third-order valence-corrected chi connectivity index (χ3v) is 7.82. The van der Waals surface area contributed by atoms with E-state index in [4.69, 9.17) is 11.6 Å². The van der Waals surface area contributed by atoms with Gasteiger partial charge in [0, 0.05) is 10.6 Å². The summed E-state index contributed by atoms with van der Waals surface area (Å²) in [6.45, 7) is 0. The minimum absolute atomic E-state index is 0.757. The molecule has 7 aromatic rings. The lowest BCUT2D eigenvalue weighted by Gasteiger charge is -2.14. The predicted octanol–water partition coefficient (Wildman–Crippen LogP) is 11.3. The molecular weight excluding hydrogens is 492 g/mol. The molecule has 0 saturated heterocycles. The fourth-order valence-electron chi connectivity index (χ4n) is 5.49. The highest BCUT2D eigenvalue weighted by Crippen LogP contribution is 2.40. The Labute approximate surface area is 233 Å². The summed E-state index contributed by atoms with van der Waals surface area (Å²) in [5, 5.41) is 5.61. The van der Waals surface area contributed by atoms with Gasteiger partial charge in [-0.2, -0.15) is 0 Å². The van der Waals surface area contributed by atoms with Gasteiger partial charge in [0.15, 0.2) is 0 Å². The third-order valence-electron chi connectivity index (χ3n) is 7.51. The van der Waals surface area contributed by atoms with Crippen molar-refractivity contribution < 1.29 is 0 Å². The Hall–Kier alpha value is -4.65. The molecule has 1 heteroatoms. The van der Waals surface area contributed by atoms with Crippen molar-refractivity contribution in [1.29, 1.82) is 0 Å². The first-order valence-corrected chi connectivity index (χ1v) is 13.6. The van der Waals surface area contributed by atoms with Crippen molar-refractivity contribution in [3.8, 4) is 44.5 Å². The lowest BCUT2D eigenvalue weighted by atomic mass is 9.91. The van der Waals surface area contributed by atoms with Crippen molar-refractivity contribution in [2.24, 2.45) is 0 Å². The van der Waals surface area contributed by atoms with E-state index in [1.54, 1.807) is 0 Å². The van der Waals surface area contributed by atoms with Crippen molar-refractivity contribution in [3.63, 3.8) is 0 Å². The molecule has 0 aliphatic carbocycles. The normalized spacial score (nSPS) is 11.2. The molecule has 0 unspecified atom stereocenters. The third kappa shape index (κ3) is 4.50. The number of fused-ring (bicyclic) bond motifs is 2. The molecule has 0 aromatic heterocycles. The van der Waals surface area contributed by atoms with Crippen LogP contribution in [0, 0.1) is 0 Å². The summed E-state index contributed by atoms with van der Waals surface area (Å²) in [7, 11) is 0. The second-order valence-electron chi connectivity index (χ2n) is 9.95. The van der Waals surface area contributed by atoms with Crippen LogP contribution in [0.25, 0.3) is 66.1 Å². The minimum atomic E-state index is 0.757. The molecular formula is C38H25Cl. The molecule has 0 amide bonds. The number of rotatable bonds is 4. The summed E-state index contributed by atoms with van der Waals surface area (Å²) in [6, 6.07) is 53.9. The van der Waals surface area contributed by atoms with E-state index < -0.39 is 0 Å². The maximum atomic E-state index is 6.88. The first kappa shape index (κ1) is 23.5. The smallest absolute Gasteiger partial charge is 0.0490 e. The Morgan fingerprint density at radius 3 is 1.28 bits per heavy atom. The largest absolute Gasteiger partial charge is 0.0836 e. The van der Waals surface area contributed by atoms with Gasteiger partial charge in [0.2, 0.25) is 0 Å². The summed E-state index contributed by atoms with van der Waals surface area (Å²) in [4.78, 5) is 0. The molecule has 0 aliphatic rings. The molecule has 0 fully saturated rings. The molecule has 0 bridgehead atoms. The number of benzene rings is 7. The molecule has 0 saturated carbocycles. The Kier molecular flexibility index (Phi) is 5.96. The van der Waals surface area contributed by atoms with Gasteiger partial charge in [0.1, 0.15) is 0 Å². The summed E-state index contributed by atoms with van der Waals surface area (Å²) < 4.78 is 0. The van der Waals surface area contributed by atoms with E-state index in [-0.39, 0.29) is 0 Å².